The zero-order valence-electron chi connectivity index (χ0n) is 16.2. The van der Waals surface area contributed by atoms with Crippen LogP contribution in [0.15, 0.2) is 63.3 Å². The second-order valence-electron chi connectivity index (χ2n) is 6.60. The summed E-state index contributed by atoms with van der Waals surface area (Å²) in [6.07, 6.45) is 0. The Morgan fingerprint density at radius 2 is 1.90 bits per heavy atom. The first kappa shape index (κ1) is 19.4. The highest BCUT2D eigenvalue weighted by Crippen LogP contribution is 2.21. The van der Waals surface area contributed by atoms with E-state index in [1.165, 1.54) is 17.8 Å². The zero-order chi connectivity index (χ0) is 20.4. The average Bonchev–Trinajstić information content (AvgIpc) is 2.71. The van der Waals surface area contributed by atoms with Gasteiger partial charge in [-0.05, 0) is 31.2 Å². The van der Waals surface area contributed by atoms with Crippen molar-refractivity contribution >= 4 is 28.3 Å². The number of fused-ring (bicyclic) bond motifs is 2. The van der Waals surface area contributed by atoms with E-state index < -0.39 is 0 Å². The van der Waals surface area contributed by atoms with Gasteiger partial charge in [0.2, 0.25) is 0 Å². The second-order valence-corrected chi connectivity index (χ2v) is 7.54. The van der Waals surface area contributed by atoms with Crippen LogP contribution in [-0.4, -0.2) is 32.7 Å². The maximum atomic E-state index is 12.9. The van der Waals surface area contributed by atoms with Gasteiger partial charge in [-0.15, -0.1) is 0 Å². The molecule has 0 unspecified atom stereocenters. The molecular formula is C21H20N4O3S. The summed E-state index contributed by atoms with van der Waals surface area (Å²) in [4.78, 5) is 34.7. The molecule has 4 aromatic rings. The third kappa shape index (κ3) is 3.81. The molecule has 7 nitrogen and oxygen atoms in total. The molecule has 3 heterocycles. The lowest BCUT2D eigenvalue weighted by Gasteiger charge is -2.13. The molecular weight excluding hydrogens is 388 g/mol. The summed E-state index contributed by atoms with van der Waals surface area (Å²) >= 11 is 1.39. The van der Waals surface area contributed by atoms with Crippen LogP contribution in [0.25, 0.3) is 16.6 Å². The number of benzene rings is 1. The number of pyridine rings is 1. The van der Waals surface area contributed by atoms with Crippen LogP contribution in [0.4, 0.5) is 0 Å². The molecule has 3 aromatic heterocycles. The van der Waals surface area contributed by atoms with Crippen LogP contribution in [0.5, 0.6) is 0 Å². The van der Waals surface area contributed by atoms with E-state index in [1.807, 2.05) is 43.3 Å². The number of aryl methyl sites for hydroxylation is 1. The lowest BCUT2D eigenvalue weighted by atomic mass is 10.2. The van der Waals surface area contributed by atoms with Gasteiger partial charge in [0.05, 0.1) is 29.7 Å². The van der Waals surface area contributed by atoms with E-state index in [0.29, 0.717) is 46.3 Å². The van der Waals surface area contributed by atoms with Crippen molar-refractivity contribution in [2.75, 3.05) is 13.7 Å². The SMILES string of the molecule is COCCn1c(SCc2cc(=O)n3c(C)cccc3n2)nc2ccccc2c1=O. The number of rotatable bonds is 6. The van der Waals surface area contributed by atoms with E-state index in [2.05, 4.69) is 9.97 Å². The van der Waals surface area contributed by atoms with Gasteiger partial charge in [-0.1, -0.05) is 30.0 Å². The maximum Gasteiger partial charge on any atom is 0.262 e. The van der Waals surface area contributed by atoms with Crippen molar-refractivity contribution in [3.05, 3.63) is 80.6 Å². The Morgan fingerprint density at radius 1 is 1.07 bits per heavy atom. The fourth-order valence-corrected chi connectivity index (χ4v) is 4.13. The maximum absolute atomic E-state index is 12.9. The Kier molecular flexibility index (Phi) is 5.46. The molecule has 4 rings (SSSR count). The number of ether oxygens (including phenoxy) is 1. The van der Waals surface area contributed by atoms with Crippen LogP contribution < -0.4 is 11.1 Å². The number of para-hydroxylation sites is 1. The van der Waals surface area contributed by atoms with Crippen molar-refractivity contribution in [1.29, 1.82) is 0 Å². The van der Waals surface area contributed by atoms with Crippen LogP contribution in [0.1, 0.15) is 11.4 Å². The second kappa shape index (κ2) is 8.18. The van der Waals surface area contributed by atoms with Gasteiger partial charge < -0.3 is 4.74 Å². The van der Waals surface area contributed by atoms with E-state index in [0.717, 1.165) is 5.69 Å². The predicted molar refractivity (Wildman–Crippen MR) is 114 cm³/mol. The van der Waals surface area contributed by atoms with Crippen molar-refractivity contribution < 1.29 is 4.74 Å². The summed E-state index contributed by atoms with van der Waals surface area (Å²) in [6.45, 7) is 2.68. The highest BCUT2D eigenvalue weighted by molar-refractivity contribution is 7.98. The van der Waals surface area contributed by atoms with E-state index in [1.54, 1.807) is 22.1 Å². The Hall–Kier alpha value is -2.97. The van der Waals surface area contributed by atoms with Crippen molar-refractivity contribution in [2.45, 2.75) is 24.4 Å². The number of hydrogen-bond donors (Lipinski definition) is 0. The molecule has 0 spiro atoms. The third-order valence-corrected chi connectivity index (χ3v) is 5.64. The van der Waals surface area contributed by atoms with Crippen LogP contribution in [0, 0.1) is 6.92 Å². The fraction of sp³-hybridized carbons (Fsp3) is 0.238. The Labute approximate surface area is 171 Å². The minimum Gasteiger partial charge on any atom is -0.383 e. The van der Waals surface area contributed by atoms with Gasteiger partial charge in [0.15, 0.2) is 5.16 Å². The first-order chi connectivity index (χ1) is 14.1. The lowest BCUT2D eigenvalue weighted by Crippen LogP contribution is -2.25. The molecule has 0 radical (unpaired) electrons. The van der Waals surface area contributed by atoms with Crippen molar-refractivity contribution in [3.63, 3.8) is 0 Å². The Bertz CT molecular complexity index is 1310. The number of thioether (sulfide) groups is 1. The van der Waals surface area contributed by atoms with Crippen molar-refractivity contribution in [1.82, 2.24) is 18.9 Å². The van der Waals surface area contributed by atoms with Gasteiger partial charge >= 0.3 is 0 Å². The molecule has 0 saturated heterocycles. The molecule has 0 aliphatic heterocycles. The molecule has 0 saturated carbocycles. The quantitative estimate of drug-likeness (QED) is 0.361. The van der Waals surface area contributed by atoms with E-state index in [4.69, 9.17) is 4.74 Å². The van der Waals surface area contributed by atoms with Gasteiger partial charge in [0.25, 0.3) is 11.1 Å². The van der Waals surface area contributed by atoms with Gasteiger partial charge in [0.1, 0.15) is 5.65 Å². The minimum atomic E-state index is -0.119. The topological polar surface area (TPSA) is 78.5 Å². The molecule has 29 heavy (non-hydrogen) atoms. The van der Waals surface area contributed by atoms with Crippen LogP contribution in [-0.2, 0) is 17.0 Å². The van der Waals surface area contributed by atoms with E-state index >= 15 is 0 Å². The van der Waals surface area contributed by atoms with Gasteiger partial charge in [0, 0.05) is 24.6 Å². The first-order valence-electron chi connectivity index (χ1n) is 9.18. The number of nitrogens with zero attached hydrogens (tertiary/aromatic N) is 4. The van der Waals surface area contributed by atoms with Gasteiger partial charge in [-0.2, -0.15) is 0 Å². The van der Waals surface area contributed by atoms with Crippen LogP contribution >= 0.6 is 11.8 Å². The summed E-state index contributed by atoms with van der Waals surface area (Å²) in [7, 11) is 1.60. The number of aromatic nitrogens is 4. The molecule has 0 N–H and O–H groups in total. The van der Waals surface area contributed by atoms with Gasteiger partial charge in [-0.25, -0.2) is 9.97 Å². The van der Waals surface area contributed by atoms with Crippen LogP contribution in [0.3, 0.4) is 0 Å². The van der Waals surface area contributed by atoms with E-state index in [9.17, 15) is 9.59 Å². The summed E-state index contributed by atoms with van der Waals surface area (Å²) in [5.74, 6) is 0.428. The summed E-state index contributed by atoms with van der Waals surface area (Å²) in [6, 6.07) is 14.4. The fourth-order valence-electron chi connectivity index (χ4n) is 3.21. The third-order valence-electron chi connectivity index (χ3n) is 4.63. The van der Waals surface area contributed by atoms with Gasteiger partial charge in [-0.3, -0.25) is 18.6 Å². The molecule has 0 amide bonds. The summed E-state index contributed by atoms with van der Waals surface area (Å²) < 4.78 is 8.35. The molecule has 0 bridgehead atoms. The highest BCUT2D eigenvalue weighted by atomic mass is 32.2. The number of methoxy groups -OCH3 is 1. The lowest BCUT2D eigenvalue weighted by molar-refractivity contribution is 0.183. The first-order valence-corrected chi connectivity index (χ1v) is 10.2. The molecule has 0 atom stereocenters. The standard InChI is InChI=1S/C21H20N4O3S/c1-14-6-5-9-18-22-15(12-19(26)25(14)18)13-29-21-23-17-8-4-3-7-16(17)20(27)24(21)10-11-28-2/h3-9,12H,10-11,13H2,1-2H3. The van der Waals surface area contributed by atoms with Crippen molar-refractivity contribution in [3.8, 4) is 0 Å². The summed E-state index contributed by atoms with van der Waals surface area (Å²) in [5.41, 5.74) is 2.52. The molecule has 0 aliphatic carbocycles. The van der Waals surface area contributed by atoms with Crippen LogP contribution in [0.2, 0.25) is 0 Å². The molecule has 0 fully saturated rings. The zero-order valence-corrected chi connectivity index (χ0v) is 17.0. The average molecular weight is 408 g/mol. The van der Waals surface area contributed by atoms with Crippen molar-refractivity contribution in [2.24, 2.45) is 0 Å². The normalized spacial score (nSPS) is 11.4. The smallest absolute Gasteiger partial charge is 0.262 e. The monoisotopic (exact) mass is 408 g/mol. The van der Waals surface area contributed by atoms with E-state index in [-0.39, 0.29) is 11.1 Å². The molecule has 0 aliphatic rings. The highest BCUT2D eigenvalue weighted by Gasteiger charge is 2.13. The molecule has 148 valence electrons. The minimum absolute atomic E-state index is 0.0997. The Balaban J connectivity index is 1.71. The molecule has 8 heteroatoms. The molecule has 1 aromatic carbocycles. The largest absolute Gasteiger partial charge is 0.383 e. The summed E-state index contributed by atoms with van der Waals surface area (Å²) in [5, 5.41) is 1.16. The predicted octanol–water partition coefficient (Wildman–Crippen LogP) is 2.65. The number of hydrogen-bond acceptors (Lipinski definition) is 6. The Morgan fingerprint density at radius 3 is 2.72 bits per heavy atom.